The maximum absolute atomic E-state index is 12.9. The third-order valence-electron chi connectivity index (χ3n) is 3.85. The zero-order chi connectivity index (χ0) is 15.5. The zero-order valence-corrected chi connectivity index (χ0v) is 11.9. The van der Waals surface area contributed by atoms with Gasteiger partial charge < -0.3 is 10.2 Å². The lowest BCUT2D eigenvalue weighted by Crippen LogP contribution is -2.47. The van der Waals surface area contributed by atoms with Crippen molar-refractivity contribution in [2.24, 2.45) is 0 Å². The summed E-state index contributed by atoms with van der Waals surface area (Å²) in [5, 5.41) is 3.11. The molecule has 0 aromatic heterocycles. The molecule has 1 heterocycles. The van der Waals surface area contributed by atoms with E-state index in [0.717, 1.165) is 18.9 Å². The van der Waals surface area contributed by atoms with Crippen LogP contribution in [-0.4, -0.2) is 37.0 Å². The van der Waals surface area contributed by atoms with Crippen molar-refractivity contribution in [1.82, 2.24) is 10.2 Å². The van der Waals surface area contributed by atoms with Crippen LogP contribution in [0.5, 0.6) is 0 Å². The zero-order valence-electron chi connectivity index (χ0n) is 11.9. The second-order valence-electron chi connectivity index (χ2n) is 5.30. The lowest BCUT2D eigenvalue weighted by molar-refractivity contribution is -0.138. The van der Waals surface area contributed by atoms with Gasteiger partial charge in [0, 0.05) is 19.1 Å². The number of alkyl halides is 3. The van der Waals surface area contributed by atoms with E-state index < -0.39 is 11.7 Å². The van der Waals surface area contributed by atoms with E-state index in [9.17, 15) is 18.0 Å². The quantitative estimate of drug-likeness (QED) is 0.930. The van der Waals surface area contributed by atoms with Crippen molar-refractivity contribution < 1.29 is 18.0 Å². The molecular formula is C15H19F3N2O. The molecule has 1 atom stereocenters. The summed E-state index contributed by atoms with van der Waals surface area (Å²) in [6.45, 7) is 1.18. The van der Waals surface area contributed by atoms with Gasteiger partial charge in [0.05, 0.1) is 12.0 Å². The van der Waals surface area contributed by atoms with E-state index in [4.69, 9.17) is 0 Å². The Morgan fingerprint density at radius 1 is 1.38 bits per heavy atom. The number of hydrogen-bond donors (Lipinski definition) is 1. The molecule has 1 aromatic carbocycles. The maximum atomic E-state index is 12.9. The van der Waals surface area contributed by atoms with Gasteiger partial charge in [0.25, 0.3) is 0 Å². The fourth-order valence-corrected chi connectivity index (χ4v) is 2.67. The first-order valence-corrected chi connectivity index (χ1v) is 7.02. The molecule has 3 nitrogen and oxygen atoms in total. The summed E-state index contributed by atoms with van der Waals surface area (Å²) < 4.78 is 38.8. The first-order valence-electron chi connectivity index (χ1n) is 7.02. The Bertz CT molecular complexity index is 502. The van der Waals surface area contributed by atoms with Crippen LogP contribution in [0.15, 0.2) is 24.3 Å². The van der Waals surface area contributed by atoms with E-state index >= 15 is 0 Å². The molecule has 0 bridgehead atoms. The largest absolute Gasteiger partial charge is 0.416 e. The fourth-order valence-electron chi connectivity index (χ4n) is 2.67. The number of nitrogens with zero attached hydrogens (tertiary/aromatic N) is 1. The van der Waals surface area contributed by atoms with Gasteiger partial charge in [0.2, 0.25) is 5.91 Å². The van der Waals surface area contributed by atoms with Crippen molar-refractivity contribution in [3.05, 3.63) is 35.4 Å². The average molecular weight is 300 g/mol. The molecule has 1 saturated heterocycles. The minimum Gasteiger partial charge on any atom is -0.341 e. The first-order chi connectivity index (χ1) is 9.91. The summed E-state index contributed by atoms with van der Waals surface area (Å²) in [6.07, 6.45) is -2.77. The Balaban J connectivity index is 2.10. The van der Waals surface area contributed by atoms with Crippen molar-refractivity contribution in [2.75, 3.05) is 20.1 Å². The molecule has 0 radical (unpaired) electrons. The number of likely N-dealkylation sites (tertiary alicyclic amines) is 1. The highest BCUT2D eigenvalue weighted by Crippen LogP contribution is 2.32. The van der Waals surface area contributed by atoms with E-state index in [2.05, 4.69) is 5.32 Å². The highest BCUT2D eigenvalue weighted by atomic mass is 19.4. The lowest BCUT2D eigenvalue weighted by atomic mass is 10.0. The second-order valence-corrected chi connectivity index (χ2v) is 5.30. The van der Waals surface area contributed by atoms with Gasteiger partial charge in [-0.25, -0.2) is 0 Å². The number of hydrogen-bond acceptors (Lipinski definition) is 2. The number of carbonyl (C=O) groups excluding carboxylic acids is 1. The van der Waals surface area contributed by atoms with Crippen LogP contribution in [-0.2, 0) is 17.4 Å². The minimum atomic E-state index is -4.42. The van der Waals surface area contributed by atoms with Crippen LogP contribution >= 0.6 is 0 Å². The molecule has 0 spiro atoms. The molecule has 0 aliphatic carbocycles. The van der Waals surface area contributed by atoms with E-state index in [1.165, 1.54) is 18.2 Å². The van der Waals surface area contributed by atoms with Gasteiger partial charge in [0.1, 0.15) is 0 Å². The third kappa shape index (κ3) is 3.97. The predicted molar refractivity (Wildman–Crippen MR) is 73.8 cm³/mol. The number of nitrogens with one attached hydrogen (secondary N) is 1. The molecule has 1 amide bonds. The topological polar surface area (TPSA) is 32.3 Å². The molecule has 116 valence electrons. The van der Waals surface area contributed by atoms with Crippen molar-refractivity contribution >= 4 is 5.91 Å². The molecule has 2 rings (SSSR count). The van der Waals surface area contributed by atoms with Gasteiger partial charge in [-0.15, -0.1) is 0 Å². The Kier molecular flexibility index (Phi) is 4.88. The molecule has 1 N–H and O–H groups in total. The van der Waals surface area contributed by atoms with Gasteiger partial charge in [-0.2, -0.15) is 13.2 Å². The molecule has 1 aromatic rings. The van der Waals surface area contributed by atoms with Crippen molar-refractivity contribution in [2.45, 2.75) is 31.5 Å². The number of halogens is 3. The van der Waals surface area contributed by atoms with Crippen LogP contribution in [0, 0.1) is 0 Å². The third-order valence-corrected chi connectivity index (χ3v) is 3.85. The molecule has 0 saturated carbocycles. The van der Waals surface area contributed by atoms with Crippen LogP contribution < -0.4 is 5.32 Å². The van der Waals surface area contributed by atoms with Crippen molar-refractivity contribution in [1.29, 1.82) is 0 Å². The molecule has 1 aliphatic heterocycles. The minimum absolute atomic E-state index is 0.0431. The van der Waals surface area contributed by atoms with Crippen LogP contribution in [0.4, 0.5) is 13.2 Å². The normalized spacial score (nSPS) is 19.6. The van der Waals surface area contributed by atoms with Gasteiger partial charge in [-0.05, 0) is 31.5 Å². The summed E-state index contributed by atoms with van der Waals surface area (Å²) >= 11 is 0. The lowest BCUT2D eigenvalue weighted by Gasteiger charge is -2.32. The Morgan fingerprint density at radius 2 is 2.10 bits per heavy atom. The van der Waals surface area contributed by atoms with Gasteiger partial charge in [-0.3, -0.25) is 4.79 Å². The molecule has 21 heavy (non-hydrogen) atoms. The van der Waals surface area contributed by atoms with E-state index in [0.29, 0.717) is 13.1 Å². The van der Waals surface area contributed by atoms with E-state index in [1.54, 1.807) is 4.90 Å². The Labute approximate surface area is 122 Å². The first kappa shape index (κ1) is 15.8. The van der Waals surface area contributed by atoms with Crippen LogP contribution in [0.2, 0.25) is 0 Å². The van der Waals surface area contributed by atoms with E-state index in [-0.39, 0.29) is 23.9 Å². The number of benzene rings is 1. The summed E-state index contributed by atoms with van der Waals surface area (Å²) in [7, 11) is 1.83. The molecular weight excluding hydrogens is 281 g/mol. The van der Waals surface area contributed by atoms with Gasteiger partial charge in [0.15, 0.2) is 0 Å². The second kappa shape index (κ2) is 6.47. The fraction of sp³-hybridized carbons (Fsp3) is 0.533. The van der Waals surface area contributed by atoms with Crippen LogP contribution in [0.1, 0.15) is 24.0 Å². The summed E-state index contributed by atoms with van der Waals surface area (Å²) in [5.41, 5.74) is -0.679. The SMILES string of the molecule is CN[C@H]1CCCN(C(=O)Cc2ccccc2C(F)(F)F)C1. The highest BCUT2D eigenvalue weighted by Gasteiger charge is 2.34. The molecule has 6 heteroatoms. The summed E-state index contributed by atoms with van der Waals surface area (Å²) in [5.74, 6) is -0.244. The Morgan fingerprint density at radius 3 is 2.76 bits per heavy atom. The highest BCUT2D eigenvalue weighted by molar-refractivity contribution is 5.79. The van der Waals surface area contributed by atoms with Crippen LogP contribution in [0.25, 0.3) is 0 Å². The number of carbonyl (C=O) groups is 1. The van der Waals surface area contributed by atoms with Crippen molar-refractivity contribution in [3.63, 3.8) is 0 Å². The average Bonchev–Trinajstić information content (AvgIpc) is 2.46. The van der Waals surface area contributed by atoms with Crippen molar-refractivity contribution in [3.8, 4) is 0 Å². The van der Waals surface area contributed by atoms with Gasteiger partial charge in [-0.1, -0.05) is 18.2 Å². The summed E-state index contributed by atoms with van der Waals surface area (Å²) in [6, 6.07) is 5.50. The molecule has 1 fully saturated rings. The molecule has 0 unspecified atom stereocenters. The smallest absolute Gasteiger partial charge is 0.341 e. The summed E-state index contributed by atoms with van der Waals surface area (Å²) in [4.78, 5) is 13.9. The number of piperidine rings is 1. The monoisotopic (exact) mass is 300 g/mol. The standard InChI is InChI=1S/C15H19F3N2O/c1-19-12-6-4-8-20(10-12)14(21)9-11-5-2-3-7-13(11)15(16,17)18/h2-3,5,7,12,19H,4,6,8-10H2,1H3/t12-/m0/s1. The predicted octanol–water partition coefficient (Wildman–Crippen LogP) is 2.46. The van der Waals surface area contributed by atoms with Crippen LogP contribution in [0.3, 0.4) is 0 Å². The van der Waals surface area contributed by atoms with E-state index in [1.807, 2.05) is 7.05 Å². The van der Waals surface area contributed by atoms with Gasteiger partial charge >= 0.3 is 6.18 Å². The molecule has 1 aliphatic rings. The number of likely N-dealkylation sites (N-methyl/N-ethyl adjacent to an activating group) is 1. The Hall–Kier alpha value is -1.56. The number of rotatable bonds is 3. The maximum Gasteiger partial charge on any atom is 0.416 e. The number of amides is 1.